The smallest absolute Gasteiger partial charge is 0.255 e. The van der Waals surface area contributed by atoms with Gasteiger partial charge in [-0.2, -0.15) is 0 Å². The third-order valence-electron chi connectivity index (χ3n) is 2.98. The summed E-state index contributed by atoms with van der Waals surface area (Å²) in [6.45, 7) is 4.11. The zero-order valence-electron chi connectivity index (χ0n) is 11.3. The average Bonchev–Trinajstić information content (AvgIpc) is 2.45. The molecule has 1 aliphatic heterocycles. The normalized spacial score (nSPS) is 14.8. The second-order valence-electron chi connectivity index (χ2n) is 4.89. The maximum atomic E-state index is 12.3. The Morgan fingerprint density at radius 3 is 2.80 bits per heavy atom. The molecule has 7 heteroatoms. The number of ether oxygens (including phenoxy) is 2. The molecule has 7 nitrogen and oxygen atoms in total. The molecule has 4 N–H and O–H groups in total. The zero-order valence-corrected chi connectivity index (χ0v) is 11.3. The van der Waals surface area contributed by atoms with E-state index in [9.17, 15) is 4.79 Å². The average molecular weight is 279 g/mol. The number of para-hydroxylation sites is 1. The van der Waals surface area contributed by atoms with Crippen LogP contribution < -0.4 is 20.5 Å². The van der Waals surface area contributed by atoms with E-state index < -0.39 is 5.54 Å². The highest BCUT2D eigenvalue weighted by Crippen LogP contribution is 2.33. The van der Waals surface area contributed by atoms with Gasteiger partial charge >= 0.3 is 0 Å². The van der Waals surface area contributed by atoms with Crippen molar-refractivity contribution in [2.75, 3.05) is 13.2 Å². The predicted molar refractivity (Wildman–Crippen MR) is 72.4 cm³/mol. The van der Waals surface area contributed by atoms with Crippen molar-refractivity contribution in [1.29, 1.82) is 0 Å². The summed E-state index contributed by atoms with van der Waals surface area (Å²) in [5.74, 6) is 0.467. The van der Waals surface area contributed by atoms with Gasteiger partial charge in [-0.25, -0.2) is 0 Å². The van der Waals surface area contributed by atoms with Crippen molar-refractivity contribution in [3.8, 4) is 11.5 Å². The van der Waals surface area contributed by atoms with Gasteiger partial charge in [-0.05, 0) is 26.0 Å². The molecule has 1 aromatic rings. The molecule has 0 bridgehead atoms. The van der Waals surface area contributed by atoms with Crippen LogP contribution in [0.1, 0.15) is 24.2 Å². The summed E-state index contributed by atoms with van der Waals surface area (Å²) < 4.78 is 10.9. The monoisotopic (exact) mass is 279 g/mol. The first kappa shape index (κ1) is 14.0. The van der Waals surface area contributed by atoms with Crippen LogP contribution in [0.5, 0.6) is 11.5 Å². The van der Waals surface area contributed by atoms with Gasteiger partial charge < -0.3 is 25.7 Å². The number of oxime groups is 1. The first-order chi connectivity index (χ1) is 9.45. The molecule has 20 heavy (non-hydrogen) atoms. The van der Waals surface area contributed by atoms with Gasteiger partial charge in [0.15, 0.2) is 17.3 Å². The molecule has 0 unspecified atom stereocenters. The number of amidine groups is 1. The first-order valence-electron chi connectivity index (χ1n) is 6.15. The number of amides is 1. The number of carbonyl (C=O) groups excluding carboxylic acids is 1. The van der Waals surface area contributed by atoms with Crippen molar-refractivity contribution >= 4 is 11.7 Å². The van der Waals surface area contributed by atoms with Crippen LogP contribution in [-0.4, -0.2) is 35.7 Å². The molecule has 2 rings (SSSR count). The molecule has 1 amide bonds. The molecule has 0 radical (unpaired) electrons. The molecule has 0 spiro atoms. The van der Waals surface area contributed by atoms with Crippen molar-refractivity contribution < 1.29 is 19.5 Å². The summed E-state index contributed by atoms with van der Waals surface area (Å²) in [5, 5.41) is 14.3. The Balaban J connectivity index is 2.26. The van der Waals surface area contributed by atoms with Crippen LogP contribution in [0.3, 0.4) is 0 Å². The maximum absolute atomic E-state index is 12.3. The van der Waals surface area contributed by atoms with Gasteiger partial charge in [-0.3, -0.25) is 4.79 Å². The summed E-state index contributed by atoms with van der Waals surface area (Å²) >= 11 is 0. The molecule has 108 valence electrons. The molecule has 1 aliphatic rings. The molecule has 1 aromatic carbocycles. The van der Waals surface area contributed by atoms with Crippen molar-refractivity contribution in [3.05, 3.63) is 23.8 Å². The third-order valence-corrected chi connectivity index (χ3v) is 2.98. The van der Waals surface area contributed by atoms with E-state index in [-0.39, 0.29) is 11.7 Å². The van der Waals surface area contributed by atoms with Crippen LogP contribution in [0, 0.1) is 0 Å². The molecule has 1 heterocycles. The van der Waals surface area contributed by atoms with Crippen LogP contribution in [0.25, 0.3) is 0 Å². The minimum atomic E-state index is -0.982. The Morgan fingerprint density at radius 1 is 1.40 bits per heavy atom. The number of carbonyl (C=O) groups is 1. The van der Waals surface area contributed by atoms with Gasteiger partial charge in [0.1, 0.15) is 13.2 Å². The summed E-state index contributed by atoms with van der Waals surface area (Å²) in [6.07, 6.45) is 0. The van der Waals surface area contributed by atoms with E-state index in [1.807, 2.05) is 0 Å². The minimum Gasteiger partial charge on any atom is -0.486 e. The fourth-order valence-electron chi connectivity index (χ4n) is 1.79. The highest BCUT2D eigenvalue weighted by atomic mass is 16.6. The van der Waals surface area contributed by atoms with E-state index in [1.165, 1.54) is 0 Å². The van der Waals surface area contributed by atoms with Gasteiger partial charge in [-0.1, -0.05) is 11.2 Å². The Labute approximate surface area is 116 Å². The number of hydrogen-bond donors (Lipinski definition) is 3. The molecule has 0 fully saturated rings. The first-order valence-corrected chi connectivity index (χ1v) is 6.15. The lowest BCUT2D eigenvalue weighted by Crippen LogP contribution is -2.53. The van der Waals surface area contributed by atoms with Gasteiger partial charge in [0, 0.05) is 0 Å². The van der Waals surface area contributed by atoms with Crippen molar-refractivity contribution in [1.82, 2.24) is 5.32 Å². The summed E-state index contributed by atoms with van der Waals surface area (Å²) in [5.41, 5.74) is 4.91. The van der Waals surface area contributed by atoms with Crippen LogP contribution >= 0.6 is 0 Å². The Morgan fingerprint density at radius 2 is 2.10 bits per heavy atom. The fraction of sp³-hybridized carbons (Fsp3) is 0.385. The predicted octanol–water partition coefficient (Wildman–Crippen LogP) is 0.713. The number of nitrogens with two attached hydrogens (primary N) is 1. The molecule has 0 saturated heterocycles. The standard InChI is InChI=1S/C13H17N3O4/c1-13(2,12(14)16-18)15-11(17)8-4-3-5-9-10(8)20-7-6-19-9/h3-5,18H,6-7H2,1-2H3,(H2,14,16)(H,15,17). The third kappa shape index (κ3) is 2.61. The molecule has 0 saturated carbocycles. The summed E-state index contributed by atoms with van der Waals surface area (Å²) in [4.78, 5) is 12.3. The van der Waals surface area contributed by atoms with E-state index >= 15 is 0 Å². The maximum Gasteiger partial charge on any atom is 0.255 e. The second kappa shape index (κ2) is 5.28. The molecular formula is C13H17N3O4. The van der Waals surface area contributed by atoms with Crippen molar-refractivity contribution in [2.45, 2.75) is 19.4 Å². The Bertz CT molecular complexity index is 555. The largest absolute Gasteiger partial charge is 0.486 e. The van der Waals surface area contributed by atoms with Gasteiger partial charge in [0.05, 0.1) is 11.1 Å². The number of nitrogens with zero attached hydrogens (tertiary/aromatic N) is 1. The fourth-order valence-corrected chi connectivity index (χ4v) is 1.79. The number of rotatable bonds is 3. The quantitative estimate of drug-likeness (QED) is 0.327. The Kier molecular flexibility index (Phi) is 3.69. The van der Waals surface area contributed by atoms with Crippen molar-refractivity contribution in [3.63, 3.8) is 0 Å². The molecule has 0 aliphatic carbocycles. The van der Waals surface area contributed by atoms with Crippen LogP contribution in [0.2, 0.25) is 0 Å². The highest BCUT2D eigenvalue weighted by molar-refractivity contribution is 6.02. The second-order valence-corrected chi connectivity index (χ2v) is 4.89. The lowest BCUT2D eigenvalue weighted by Gasteiger charge is -2.26. The van der Waals surface area contributed by atoms with Crippen LogP contribution in [0.15, 0.2) is 23.4 Å². The van der Waals surface area contributed by atoms with E-state index in [1.54, 1.807) is 32.0 Å². The van der Waals surface area contributed by atoms with Crippen LogP contribution in [-0.2, 0) is 0 Å². The molecule has 0 aromatic heterocycles. The SMILES string of the molecule is CC(C)(NC(=O)c1cccc2c1OCCO2)/C(N)=N/O. The summed E-state index contributed by atoms with van der Waals surface area (Å²) in [6, 6.07) is 5.07. The van der Waals surface area contributed by atoms with Crippen LogP contribution in [0.4, 0.5) is 0 Å². The number of fused-ring (bicyclic) bond motifs is 1. The Hall–Kier alpha value is -2.44. The zero-order chi connectivity index (χ0) is 14.8. The topological polar surface area (TPSA) is 106 Å². The molecule has 0 atom stereocenters. The number of nitrogens with one attached hydrogen (secondary N) is 1. The van der Waals surface area contributed by atoms with Gasteiger partial charge in [0.2, 0.25) is 0 Å². The lowest BCUT2D eigenvalue weighted by molar-refractivity contribution is 0.0920. The van der Waals surface area contributed by atoms with E-state index in [2.05, 4.69) is 10.5 Å². The number of hydrogen-bond acceptors (Lipinski definition) is 5. The molecular weight excluding hydrogens is 262 g/mol. The van der Waals surface area contributed by atoms with Gasteiger partial charge in [0.25, 0.3) is 5.91 Å². The van der Waals surface area contributed by atoms with E-state index in [4.69, 9.17) is 20.4 Å². The summed E-state index contributed by atoms with van der Waals surface area (Å²) in [7, 11) is 0. The van der Waals surface area contributed by atoms with E-state index in [0.717, 1.165) is 0 Å². The van der Waals surface area contributed by atoms with Crippen molar-refractivity contribution in [2.24, 2.45) is 10.9 Å². The lowest BCUT2D eigenvalue weighted by atomic mass is 10.0. The minimum absolute atomic E-state index is 0.0900. The van der Waals surface area contributed by atoms with E-state index in [0.29, 0.717) is 30.3 Å². The van der Waals surface area contributed by atoms with Gasteiger partial charge in [-0.15, -0.1) is 0 Å². The highest BCUT2D eigenvalue weighted by Gasteiger charge is 2.28. The number of benzene rings is 1.